The predicted molar refractivity (Wildman–Crippen MR) is 80.9 cm³/mol. The van der Waals surface area contributed by atoms with Crippen molar-refractivity contribution >= 4 is 35.0 Å². The second-order valence-electron chi connectivity index (χ2n) is 4.48. The first-order valence-corrected chi connectivity index (χ1v) is 8.01. The van der Waals surface area contributed by atoms with Crippen LogP contribution < -0.4 is 5.32 Å². The summed E-state index contributed by atoms with van der Waals surface area (Å²) in [5.74, 6) is 2.21. The highest BCUT2D eigenvalue weighted by molar-refractivity contribution is 7.99. The molecule has 1 aromatic rings. The molecule has 1 saturated heterocycles. The van der Waals surface area contributed by atoms with Gasteiger partial charge in [-0.1, -0.05) is 23.7 Å². The first-order valence-electron chi connectivity index (χ1n) is 6.47. The standard InChI is InChI=1S/C14H18ClNO2S/c1-2-18-14(17)13(10-7-8-19-9-10)16-12-6-4-3-5-11(12)15/h3-6,10,13,16H,2,7-9H2,1H3. The quantitative estimate of drug-likeness (QED) is 0.845. The number of hydrogen-bond acceptors (Lipinski definition) is 4. The van der Waals surface area contributed by atoms with Crippen molar-refractivity contribution in [2.24, 2.45) is 5.92 Å². The summed E-state index contributed by atoms with van der Waals surface area (Å²) < 4.78 is 5.17. The molecule has 19 heavy (non-hydrogen) atoms. The normalized spacial score (nSPS) is 20.0. The van der Waals surface area contributed by atoms with E-state index in [0.29, 0.717) is 17.5 Å². The van der Waals surface area contributed by atoms with Gasteiger partial charge in [-0.15, -0.1) is 0 Å². The number of esters is 1. The number of nitrogens with one attached hydrogen (secondary N) is 1. The van der Waals surface area contributed by atoms with Gasteiger partial charge in [0.15, 0.2) is 0 Å². The minimum absolute atomic E-state index is 0.185. The fourth-order valence-electron chi connectivity index (χ4n) is 2.16. The third-order valence-electron chi connectivity index (χ3n) is 3.16. The van der Waals surface area contributed by atoms with Gasteiger partial charge < -0.3 is 10.1 Å². The van der Waals surface area contributed by atoms with Crippen LogP contribution in [0.5, 0.6) is 0 Å². The third-order valence-corrected chi connectivity index (χ3v) is 4.68. The van der Waals surface area contributed by atoms with Crippen molar-refractivity contribution in [2.75, 3.05) is 23.4 Å². The number of thioether (sulfide) groups is 1. The number of carbonyl (C=O) groups excluding carboxylic acids is 1. The number of rotatable bonds is 5. The summed E-state index contributed by atoms with van der Waals surface area (Å²) in [7, 11) is 0. The number of carbonyl (C=O) groups is 1. The molecule has 0 aromatic heterocycles. The van der Waals surface area contributed by atoms with Gasteiger partial charge in [-0.05, 0) is 42.9 Å². The van der Waals surface area contributed by atoms with Crippen molar-refractivity contribution in [1.82, 2.24) is 0 Å². The molecule has 1 heterocycles. The lowest BCUT2D eigenvalue weighted by molar-refractivity contribution is -0.145. The molecule has 0 spiro atoms. The van der Waals surface area contributed by atoms with Crippen LogP contribution in [0.4, 0.5) is 5.69 Å². The average molecular weight is 300 g/mol. The van der Waals surface area contributed by atoms with Crippen LogP contribution in [-0.2, 0) is 9.53 Å². The number of ether oxygens (including phenoxy) is 1. The molecule has 1 aromatic carbocycles. The number of benzene rings is 1. The monoisotopic (exact) mass is 299 g/mol. The Morgan fingerprint density at radius 2 is 2.37 bits per heavy atom. The molecule has 1 N–H and O–H groups in total. The van der Waals surface area contributed by atoms with E-state index in [1.165, 1.54) is 0 Å². The highest BCUT2D eigenvalue weighted by atomic mass is 35.5. The maximum Gasteiger partial charge on any atom is 0.328 e. The van der Waals surface area contributed by atoms with E-state index in [1.807, 2.05) is 43.0 Å². The van der Waals surface area contributed by atoms with Crippen molar-refractivity contribution < 1.29 is 9.53 Å². The van der Waals surface area contributed by atoms with Gasteiger partial charge in [0.1, 0.15) is 6.04 Å². The molecule has 2 rings (SSSR count). The molecule has 5 heteroatoms. The summed E-state index contributed by atoms with van der Waals surface area (Å²) in [4.78, 5) is 12.1. The summed E-state index contributed by atoms with van der Waals surface area (Å²) >= 11 is 8.02. The van der Waals surface area contributed by atoms with Crippen LogP contribution in [0.3, 0.4) is 0 Å². The SMILES string of the molecule is CCOC(=O)C(Nc1ccccc1Cl)C1CCSC1. The first-order chi connectivity index (χ1) is 9.22. The first kappa shape index (κ1) is 14.5. The fourth-order valence-corrected chi connectivity index (χ4v) is 3.65. The lowest BCUT2D eigenvalue weighted by Gasteiger charge is -2.23. The van der Waals surface area contributed by atoms with Crippen LogP contribution in [-0.4, -0.2) is 30.1 Å². The molecule has 1 aliphatic heterocycles. The van der Waals surface area contributed by atoms with Gasteiger partial charge in [-0.3, -0.25) is 0 Å². The number of halogens is 1. The second kappa shape index (κ2) is 7.06. The second-order valence-corrected chi connectivity index (χ2v) is 6.03. The molecule has 0 bridgehead atoms. The van der Waals surface area contributed by atoms with Crippen molar-refractivity contribution in [3.05, 3.63) is 29.3 Å². The van der Waals surface area contributed by atoms with Gasteiger partial charge in [0.25, 0.3) is 0 Å². The Hall–Kier alpha value is -0.870. The number of hydrogen-bond donors (Lipinski definition) is 1. The zero-order valence-electron chi connectivity index (χ0n) is 10.9. The van der Waals surface area contributed by atoms with E-state index >= 15 is 0 Å². The molecular weight excluding hydrogens is 282 g/mol. The van der Waals surface area contributed by atoms with E-state index in [1.54, 1.807) is 0 Å². The third kappa shape index (κ3) is 3.80. The van der Waals surface area contributed by atoms with Gasteiger partial charge in [-0.25, -0.2) is 4.79 Å². The molecule has 0 radical (unpaired) electrons. The molecule has 2 unspecified atom stereocenters. The topological polar surface area (TPSA) is 38.3 Å². The Morgan fingerprint density at radius 1 is 1.58 bits per heavy atom. The number of para-hydroxylation sites is 1. The van der Waals surface area contributed by atoms with Gasteiger partial charge in [0, 0.05) is 0 Å². The largest absolute Gasteiger partial charge is 0.464 e. The van der Waals surface area contributed by atoms with E-state index in [0.717, 1.165) is 23.6 Å². The summed E-state index contributed by atoms with van der Waals surface area (Å²) in [5.41, 5.74) is 0.791. The van der Waals surface area contributed by atoms with Crippen LogP contribution in [0.1, 0.15) is 13.3 Å². The Balaban J connectivity index is 2.13. The highest BCUT2D eigenvalue weighted by Gasteiger charge is 2.32. The maximum absolute atomic E-state index is 12.1. The van der Waals surface area contributed by atoms with Gasteiger partial charge >= 0.3 is 5.97 Å². The lowest BCUT2D eigenvalue weighted by atomic mass is 9.99. The summed E-state index contributed by atoms with van der Waals surface area (Å²) in [5, 5.41) is 3.88. The van der Waals surface area contributed by atoms with E-state index in [-0.39, 0.29) is 12.0 Å². The Morgan fingerprint density at radius 3 is 3.00 bits per heavy atom. The van der Waals surface area contributed by atoms with Crippen LogP contribution in [0.15, 0.2) is 24.3 Å². The van der Waals surface area contributed by atoms with Crippen molar-refractivity contribution in [3.63, 3.8) is 0 Å². The van der Waals surface area contributed by atoms with Gasteiger partial charge in [0.05, 0.1) is 17.3 Å². The minimum atomic E-state index is -0.310. The van der Waals surface area contributed by atoms with Crippen LogP contribution in [0.2, 0.25) is 5.02 Å². The number of anilines is 1. The highest BCUT2D eigenvalue weighted by Crippen LogP contribution is 2.30. The Labute approximate surface area is 123 Å². The zero-order chi connectivity index (χ0) is 13.7. The fraction of sp³-hybridized carbons (Fsp3) is 0.500. The summed E-state index contributed by atoms with van der Waals surface area (Å²) in [6.07, 6.45) is 1.03. The van der Waals surface area contributed by atoms with E-state index in [4.69, 9.17) is 16.3 Å². The molecule has 104 valence electrons. The van der Waals surface area contributed by atoms with Crippen molar-refractivity contribution in [3.8, 4) is 0 Å². The molecule has 3 nitrogen and oxygen atoms in total. The van der Waals surface area contributed by atoms with E-state index in [2.05, 4.69) is 5.32 Å². The maximum atomic E-state index is 12.1. The lowest BCUT2D eigenvalue weighted by Crippen LogP contribution is -2.38. The zero-order valence-corrected chi connectivity index (χ0v) is 12.5. The molecule has 0 amide bonds. The molecular formula is C14H18ClNO2S. The average Bonchev–Trinajstić information content (AvgIpc) is 2.91. The molecule has 0 aliphatic carbocycles. The van der Waals surface area contributed by atoms with E-state index in [9.17, 15) is 4.79 Å². The summed E-state index contributed by atoms with van der Waals surface area (Å²) in [6, 6.07) is 7.17. The summed E-state index contributed by atoms with van der Waals surface area (Å²) in [6.45, 7) is 2.23. The smallest absolute Gasteiger partial charge is 0.328 e. The minimum Gasteiger partial charge on any atom is -0.464 e. The predicted octanol–water partition coefficient (Wildman–Crippen LogP) is 3.44. The Kier molecular flexibility index (Phi) is 5.40. The van der Waals surface area contributed by atoms with Crippen LogP contribution in [0.25, 0.3) is 0 Å². The molecule has 2 atom stereocenters. The van der Waals surface area contributed by atoms with E-state index < -0.39 is 0 Å². The van der Waals surface area contributed by atoms with Crippen LogP contribution in [0, 0.1) is 5.92 Å². The van der Waals surface area contributed by atoms with Crippen LogP contribution >= 0.6 is 23.4 Å². The van der Waals surface area contributed by atoms with Crippen molar-refractivity contribution in [1.29, 1.82) is 0 Å². The molecule has 1 aliphatic rings. The molecule has 0 saturated carbocycles. The molecule has 1 fully saturated rings. The van der Waals surface area contributed by atoms with Crippen molar-refractivity contribution in [2.45, 2.75) is 19.4 Å². The van der Waals surface area contributed by atoms with Gasteiger partial charge in [0.2, 0.25) is 0 Å². The Bertz CT molecular complexity index is 435. The van der Waals surface area contributed by atoms with Gasteiger partial charge in [-0.2, -0.15) is 11.8 Å².